The van der Waals surface area contributed by atoms with Gasteiger partial charge in [0.1, 0.15) is 6.10 Å². The Morgan fingerprint density at radius 2 is 2.00 bits per heavy atom. The Labute approximate surface area is 105 Å². The Hall–Kier alpha value is -1.90. The second-order valence-electron chi connectivity index (χ2n) is 3.97. The van der Waals surface area contributed by atoms with Gasteiger partial charge in [-0.15, -0.1) is 0 Å². The zero-order valence-electron chi connectivity index (χ0n) is 9.78. The summed E-state index contributed by atoms with van der Waals surface area (Å²) in [6, 6.07) is 8.56. The van der Waals surface area contributed by atoms with Crippen molar-refractivity contribution in [1.29, 1.82) is 5.26 Å². The molecule has 0 amide bonds. The van der Waals surface area contributed by atoms with Crippen molar-refractivity contribution in [3.8, 4) is 6.07 Å². The lowest BCUT2D eigenvalue weighted by Gasteiger charge is -2.18. The Kier molecular flexibility index (Phi) is 5.31. The average molecular weight is 249 g/mol. The number of hydrogen-bond donors (Lipinski definition) is 3. The summed E-state index contributed by atoms with van der Waals surface area (Å²) in [5.74, 6) is -0.920. The van der Waals surface area contributed by atoms with Crippen molar-refractivity contribution >= 4 is 5.97 Å². The molecule has 2 atom stereocenters. The number of aryl methyl sites for hydroxylation is 1. The van der Waals surface area contributed by atoms with Gasteiger partial charge in [-0.05, 0) is 17.5 Å². The topological polar surface area (TPSA) is 102 Å². The van der Waals surface area contributed by atoms with E-state index in [0.717, 1.165) is 0 Å². The molecular weight excluding hydrogens is 234 g/mol. The van der Waals surface area contributed by atoms with Gasteiger partial charge >= 0.3 is 5.97 Å². The Bertz CT molecular complexity index is 453. The van der Waals surface area contributed by atoms with Crippen LogP contribution in [-0.4, -0.2) is 27.4 Å². The van der Waals surface area contributed by atoms with Gasteiger partial charge in [0.25, 0.3) is 0 Å². The third-order valence-electron chi connectivity index (χ3n) is 2.65. The zero-order chi connectivity index (χ0) is 13.5. The summed E-state index contributed by atoms with van der Waals surface area (Å²) in [6.45, 7) is 0. The standard InChI is InChI=1S/C13H15NO4/c14-8-7-11(15)13(18)10-4-2-1-3-9(10)5-6-12(16)17/h1-4,11,13,15,18H,5-7H2,(H,16,17). The first kappa shape index (κ1) is 14.2. The minimum absolute atomic E-state index is 0.0436. The molecule has 0 radical (unpaired) electrons. The van der Waals surface area contributed by atoms with Crippen LogP contribution < -0.4 is 0 Å². The van der Waals surface area contributed by atoms with Gasteiger partial charge in [-0.25, -0.2) is 0 Å². The molecule has 2 unspecified atom stereocenters. The normalized spacial score (nSPS) is 13.6. The van der Waals surface area contributed by atoms with Gasteiger partial charge in [-0.2, -0.15) is 5.26 Å². The number of nitrogens with zero attached hydrogens (tertiary/aromatic N) is 1. The number of benzene rings is 1. The van der Waals surface area contributed by atoms with Crippen LogP contribution in [0.15, 0.2) is 24.3 Å². The van der Waals surface area contributed by atoms with E-state index in [2.05, 4.69) is 0 Å². The maximum atomic E-state index is 10.5. The quantitative estimate of drug-likeness (QED) is 0.698. The molecular formula is C13H15NO4. The molecule has 3 N–H and O–H groups in total. The molecule has 1 aromatic carbocycles. The van der Waals surface area contributed by atoms with Crippen LogP contribution in [0, 0.1) is 11.3 Å². The fourth-order valence-electron chi connectivity index (χ4n) is 1.70. The van der Waals surface area contributed by atoms with Gasteiger partial charge < -0.3 is 15.3 Å². The number of carbonyl (C=O) groups is 1. The third-order valence-corrected chi connectivity index (χ3v) is 2.65. The Morgan fingerprint density at radius 3 is 2.61 bits per heavy atom. The lowest BCUT2D eigenvalue weighted by molar-refractivity contribution is -0.136. The highest BCUT2D eigenvalue weighted by molar-refractivity contribution is 5.67. The Morgan fingerprint density at radius 1 is 1.33 bits per heavy atom. The van der Waals surface area contributed by atoms with Crippen LogP contribution in [0.3, 0.4) is 0 Å². The van der Waals surface area contributed by atoms with Gasteiger partial charge in [0.15, 0.2) is 0 Å². The van der Waals surface area contributed by atoms with Crippen LogP contribution >= 0.6 is 0 Å². The van der Waals surface area contributed by atoms with E-state index in [9.17, 15) is 15.0 Å². The molecule has 0 aliphatic rings. The van der Waals surface area contributed by atoms with Crippen LogP contribution in [0.5, 0.6) is 0 Å². The highest BCUT2D eigenvalue weighted by atomic mass is 16.4. The zero-order valence-corrected chi connectivity index (χ0v) is 9.78. The van der Waals surface area contributed by atoms with E-state index in [4.69, 9.17) is 10.4 Å². The van der Waals surface area contributed by atoms with E-state index in [0.29, 0.717) is 11.1 Å². The lowest BCUT2D eigenvalue weighted by atomic mass is 9.95. The van der Waals surface area contributed by atoms with Crippen LogP contribution in [-0.2, 0) is 11.2 Å². The first-order valence-corrected chi connectivity index (χ1v) is 5.59. The summed E-state index contributed by atoms with van der Waals surface area (Å²) >= 11 is 0. The summed E-state index contributed by atoms with van der Waals surface area (Å²) in [5.41, 5.74) is 1.14. The molecule has 96 valence electrons. The molecule has 0 spiro atoms. The lowest BCUT2D eigenvalue weighted by Crippen LogP contribution is -2.19. The molecule has 18 heavy (non-hydrogen) atoms. The van der Waals surface area contributed by atoms with Gasteiger partial charge in [0, 0.05) is 6.42 Å². The number of aliphatic hydroxyl groups is 2. The van der Waals surface area contributed by atoms with Gasteiger partial charge in [0.2, 0.25) is 0 Å². The van der Waals surface area contributed by atoms with Gasteiger partial charge in [-0.1, -0.05) is 24.3 Å². The molecule has 0 aliphatic heterocycles. The van der Waals surface area contributed by atoms with E-state index in [1.54, 1.807) is 30.3 Å². The summed E-state index contributed by atoms with van der Waals surface area (Å²) in [7, 11) is 0. The van der Waals surface area contributed by atoms with Crippen molar-refractivity contribution < 1.29 is 20.1 Å². The first-order valence-electron chi connectivity index (χ1n) is 5.59. The number of aliphatic hydroxyl groups excluding tert-OH is 2. The highest BCUT2D eigenvalue weighted by Crippen LogP contribution is 2.23. The molecule has 5 heteroatoms. The molecule has 0 heterocycles. The van der Waals surface area contributed by atoms with E-state index < -0.39 is 18.2 Å². The summed E-state index contributed by atoms with van der Waals surface area (Å²) in [5, 5.41) is 36.6. The van der Waals surface area contributed by atoms with Crippen LogP contribution in [0.25, 0.3) is 0 Å². The molecule has 0 saturated heterocycles. The number of nitriles is 1. The third kappa shape index (κ3) is 3.84. The first-order chi connectivity index (χ1) is 8.56. The maximum absolute atomic E-state index is 10.5. The van der Waals surface area contributed by atoms with Gasteiger partial charge in [-0.3, -0.25) is 4.79 Å². The predicted octanol–water partition coefficient (Wildman–Crippen LogP) is 1.01. The average Bonchev–Trinajstić information content (AvgIpc) is 2.36. The molecule has 0 aliphatic carbocycles. The summed E-state index contributed by atoms with van der Waals surface area (Å²) in [6.07, 6.45) is -2.27. The molecule has 1 rings (SSSR count). The Balaban J connectivity index is 2.87. The van der Waals surface area contributed by atoms with Crippen molar-refractivity contribution in [2.45, 2.75) is 31.5 Å². The number of aliphatic carboxylic acids is 1. The van der Waals surface area contributed by atoms with Crippen molar-refractivity contribution in [2.75, 3.05) is 0 Å². The van der Waals surface area contributed by atoms with Crippen LogP contribution in [0.2, 0.25) is 0 Å². The van der Waals surface area contributed by atoms with Crippen molar-refractivity contribution in [2.24, 2.45) is 0 Å². The number of rotatable bonds is 6. The molecule has 0 aromatic heterocycles. The van der Waals surface area contributed by atoms with E-state index >= 15 is 0 Å². The van der Waals surface area contributed by atoms with E-state index in [1.807, 2.05) is 0 Å². The predicted molar refractivity (Wildman–Crippen MR) is 63.6 cm³/mol. The highest BCUT2D eigenvalue weighted by Gasteiger charge is 2.20. The fraction of sp³-hybridized carbons (Fsp3) is 0.385. The van der Waals surface area contributed by atoms with Crippen LogP contribution in [0.1, 0.15) is 30.1 Å². The minimum Gasteiger partial charge on any atom is -0.481 e. The van der Waals surface area contributed by atoms with Crippen molar-refractivity contribution in [3.63, 3.8) is 0 Å². The second-order valence-corrected chi connectivity index (χ2v) is 3.97. The number of carboxylic acid groups (broad SMARTS) is 1. The molecule has 0 fully saturated rings. The monoisotopic (exact) mass is 249 g/mol. The number of carboxylic acids is 1. The summed E-state index contributed by atoms with van der Waals surface area (Å²) in [4.78, 5) is 10.5. The van der Waals surface area contributed by atoms with E-state index in [1.165, 1.54) is 0 Å². The second kappa shape index (κ2) is 6.74. The number of hydrogen-bond acceptors (Lipinski definition) is 4. The smallest absolute Gasteiger partial charge is 0.303 e. The van der Waals surface area contributed by atoms with Gasteiger partial charge in [0.05, 0.1) is 18.6 Å². The summed E-state index contributed by atoms with van der Waals surface area (Å²) < 4.78 is 0. The molecule has 0 saturated carbocycles. The molecule has 0 bridgehead atoms. The minimum atomic E-state index is -1.17. The van der Waals surface area contributed by atoms with Crippen molar-refractivity contribution in [1.82, 2.24) is 0 Å². The maximum Gasteiger partial charge on any atom is 0.303 e. The van der Waals surface area contributed by atoms with Crippen LogP contribution in [0.4, 0.5) is 0 Å². The fourth-order valence-corrected chi connectivity index (χ4v) is 1.70. The van der Waals surface area contributed by atoms with E-state index in [-0.39, 0.29) is 19.3 Å². The SMILES string of the molecule is N#CCC(O)C(O)c1ccccc1CCC(=O)O. The van der Waals surface area contributed by atoms with Crippen molar-refractivity contribution in [3.05, 3.63) is 35.4 Å². The largest absolute Gasteiger partial charge is 0.481 e. The molecule has 1 aromatic rings. The molecule has 5 nitrogen and oxygen atoms in total.